The zero-order valence-corrected chi connectivity index (χ0v) is 9.44. The molecule has 1 heterocycles. The number of benzene rings is 1. The summed E-state index contributed by atoms with van der Waals surface area (Å²) in [6.07, 6.45) is 2.25. The van der Waals surface area contributed by atoms with Crippen molar-refractivity contribution in [2.75, 3.05) is 13.7 Å². The highest BCUT2D eigenvalue weighted by Gasteiger charge is 2.17. The van der Waals surface area contributed by atoms with Gasteiger partial charge in [-0.25, -0.2) is 4.39 Å². The van der Waals surface area contributed by atoms with Crippen LogP contribution in [0.25, 0.3) is 0 Å². The van der Waals surface area contributed by atoms with Gasteiger partial charge in [-0.15, -0.1) is 12.4 Å². The Bertz CT molecular complexity index is 326. The lowest BCUT2D eigenvalue weighted by atomic mass is 10.1. The molecule has 0 radical (unpaired) electrons. The van der Waals surface area contributed by atoms with E-state index in [1.165, 1.54) is 7.11 Å². The van der Waals surface area contributed by atoms with Crippen molar-refractivity contribution in [3.05, 3.63) is 29.6 Å². The van der Waals surface area contributed by atoms with Gasteiger partial charge < -0.3 is 10.1 Å². The van der Waals surface area contributed by atoms with Crippen LogP contribution in [0, 0.1) is 5.82 Å². The van der Waals surface area contributed by atoms with Crippen molar-refractivity contribution in [1.82, 2.24) is 5.32 Å². The molecule has 1 aromatic carbocycles. The zero-order chi connectivity index (χ0) is 9.97. The van der Waals surface area contributed by atoms with E-state index >= 15 is 0 Å². The highest BCUT2D eigenvalue weighted by Crippen LogP contribution is 2.26. The Balaban J connectivity index is 0.00000112. The molecule has 0 saturated carbocycles. The molecule has 0 unspecified atom stereocenters. The van der Waals surface area contributed by atoms with E-state index < -0.39 is 0 Å². The molecule has 84 valence electrons. The molecule has 2 nitrogen and oxygen atoms in total. The summed E-state index contributed by atoms with van der Waals surface area (Å²) in [5.74, 6) is 0.0328. The first-order valence-electron chi connectivity index (χ1n) is 4.88. The van der Waals surface area contributed by atoms with Crippen molar-refractivity contribution in [2.24, 2.45) is 0 Å². The fraction of sp³-hybridized carbons (Fsp3) is 0.455. The largest absolute Gasteiger partial charge is 0.494 e. The normalized spacial score (nSPS) is 19.7. The van der Waals surface area contributed by atoms with Crippen molar-refractivity contribution in [2.45, 2.75) is 18.9 Å². The molecule has 1 aromatic rings. The first-order chi connectivity index (χ1) is 6.81. The predicted molar refractivity (Wildman–Crippen MR) is 60.2 cm³/mol. The maximum absolute atomic E-state index is 13.4. The standard InChI is InChI=1S/C11H14FNO.ClH/c1-14-11-5-4-8(7-9(11)12)10-3-2-6-13-10;/h4-5,7,10,13H,2-3,6H2,1H3;1H/t10-;/m0./s1. The molecule has 0 amide bonds. The molecule has 2 rings (SSSR count). The van der Waals surface area contributed by atoms with Crippen LogP contribution < -0.4 is 10.1 Å². The zero-order valence-electron chi connectivity index (χ0n) is 8.63. The van der Waals surface area contributed by atoms with Gasteiger partial charge in [-0.2, -0.15) is 0 Å². The van der Waals surface area contributed by atoms with Crippen LogP contribution in [0.2, 0.25) is 0 Å². The number of hydrogen-bond acceptors (Lipinski definition) is 2. The summed E-state index contributed by atoms with van der Waals surface area (Å²) < 4.78 is 18.2. The third kappa shape index (κ3) is 2.61. The molecule has 1 aliphatic rings. The Morgan fingerprint density at radius 1 is 1.47 bits per heavy atom. The maximum Gasteiger partial charge on any atom is 0.165 e. The molecule has 1 fully saturated rings. The van der Waals surface area contributed by atoms with Gasteiger partial charge in [0.2, 0.25) is 0 Å². The summed E-state index contributed by atoms with van der Waals surface area (Å²) in [6, 6.07) is 5.48. The predicted octanol–water partition coefficient (Wildman–Crippen LogP) is 2.68. The van der Waals surface area contributed by atoms with E-state index in [0.29, 0.717) is 11.8 Å². The molecular weight excluding hydrogens is 217 g/mol. The van der Waals surface area contributed by atoms with Gasteiger partial charge in [0.05, 0.1) is 7.11 Å². The van der Waals surface area contributed by atoms with Crippen LogP contribution in [-0.2, 0) is 0 Å². The van der Waals surface area contributed by atoms with E-state index in [1.807, 2.05) is 6.07 Å². The topological polar surface area (TPSA) is 21.3 Å². The Labute approximate surface area is 95.2 Å². The van der Waals surface area contributed by atoms with E-state index in [-0.39, 0.29) is 18.2 Å². The molecule has 1 saturated heterocycles. The molecule has 4 heteroatoms. The van der Waals surface area contributed by atoms with Crippen LogP contribution >= 0.6 is 12.4 Å². The first kappa shape index (κ1) is 12.3. The van der Waals surface area contributed by atoms with Crippen LogP contribution in [-0.4, -0.2) is 13.7 Å². The van der Waals surface area contributed by atoms with E-state index in [2.05, 4.69) is 5.32 Å². The molecule has 1 aliphatic heterocycles. The maximum atomic E-state index is 13.4. The molecule has 0 aromatic heterocycles. The highest BCUT2D eigenvalue weighted by molar-refractivity contribution is 5.85. The van der Waals surface area contributed by atoms with Gasteiger partial charge >= 0.3 is 0 Å². The third-order valence-corrected chi connectivity index (χ3v) is 2.64. The quantitative estimate of drug-likeness (QED) is 0.845. The minimum atomic E-state index is -0.279. The Morgan fingerprint density at radius 3 is 2.80 bits per heavy atom. The Morgan fingerprint density at radius 2 is 2.27 bits per heavy atom. The van der Waals surface area contributed by atoms with Gasteiger partial charge in [0.15, 0.2) is 11.6 Å². The van der Waals surface area contributed by atoms with Crippen LogP contribution in [0.1, 0.15) is 24.4 Å². The van der Waals surface area contributed by atoms with Gasteiger partial charge in [-0.05, 0) is 37.1 Å². The van der Waals surface area contributed by atoms with Gasteiger partial charge in [0, 0.05) is 6.04 Å². The van der Waals surface area contributed by atoms with Gasteiger partial charge in [-0.3, -0.25) is 0 Å². The Kier molecular flexibility index (Phi) is 4.36. The molecule has 0 bridgehead atoms. The van der Waals surface area contributed by atoms with Crippen molar-refractivity contribution >= 4 is 12.4 Å². The number of halogens is 2. The number of methoxy groups -OCH3 is 1. The second-order valence-corrected chi connectivity index (χ2v) is 3.54. The SMILES string of the molecule is COc1ccc([C@@H]2CCCN2)cc1F.Cl. The molecule has 1 N–H and O–H groups in total. The monoisotopic (exact) mass is 231 g/mol. The molecule has 1 atom stereocenters. The highest BCUT2D eigenvalue weighted by atomic mass is 35.5. The molecular formula is C11H15ClFNO. The number of hydrogen-bond donors (Lipinski definition) is 1. The van der Waals surface area contributed by atoms with E-state index in [9.17, 15) is 4.39 Å². The van der Waals surface area contributed by atoms with Crippen molar-refractivity contribution < 1.29 is 9.13 Å². The lowest BCUT2D eigenvalue weighted by Gasteiger charge is -2.11. The van der Waals surface area contributed by atoms with E-state index in [1.54, 1.807) is 12.1 Å². The van der Waals surface area contributed by atoms with Crippen LogP contribution in [0.5, 0.6) is 5.75 Å². The third-order valence-electron chi connectivity index (χ3n) is 2.64. The first-order valence-corrected chi connectivity index (χ1v) is 4.88. The smallest absolute Gasteiger partial charge is 0.165 e. The second kappa shape index (κ2) is 5.33. The summed E-state index contributed by atoms with van der Waals surface area (Å²) in [7, 11) is 1.48. The number of nitrogens with one attached hydrogen (secondary N) is 1. The minimum absolute atomic E-state index is 0. The minimum Gasteiger partial charge on any atom is -0.494 e. The summed E-state index contributed by atoms with van der Waals surface area (Å²) in [5.41, 5.74) is 1.01. The average Bonchev–Trinajstić information content (AvgIpc) is 2.70. The summed E-state index contributed by atoms with van der Waals surface area (Å²) in [6.45, 7) is 1.03. The second-order valence-electron chi connectivity index (χ2n) is 3.54. The fourth-order valence-corrected chi connectivity index (χ4v) is 1.87. The summed E-state index contributed by atoms with van der Waals surface area (Å²) in [4.78, 5) is 0. The van der Waals surface area contributed by atoms with E-state index in [0.717, 1.165) is 24.9 Å². The van der Waals surface area contributed by atoms with Gasteiger partial charge in [0.1, 0.15) is 0 Å². The fourth-order valence-electron chi connectivity index (χ4n) is 1.87. The number of ether oxygens (including phenoxy) is 1. The molecule has 0 spiro atoms. The van der Waals surface area contributed by atoms with E-state index in [4.69, 9.17) is 4.74 Å². The molecule has 15 heavy (non-hydrogen) atoms. The van der Waals surface area contributed by atoms with Gasteiger partial charge in [0.25, 0.3) is 0 Å². The average molecular weight is 232 g/mol. The van der Waals surface area contributed by atoms with Crippen molar-refractivity contribution in [3.8, 4) is 5.75 Å². The van der Waals surface area contributed by atoms with Crippen LogP contribution in [0.3, 0.4) is 0 Å². The van der Waals surface area contributed by atoms with Crippen molar-refractivity contribution in [3.63, 3.8) is 0 Å². The molecule has 0 aliphatic carbocycles. The van der Waals surface area contributed by atoms with Crippen molar-refractivity contribution in [1.29, 1.82) is 0 Å². The van der Waals surface area contributed by atoms with Crippen LogP contribution in [0.4, 0.5) is 4.39 Å². The van der Waals surface area contributed by atoms with Crippen LogP contribution in [0.15, 0.2) is 18.2 Å². The summed E-state index contributed by atoms with van der Waals surface area (Å²) in [5, 5.41) is 3.33. The number of rotatable bonds is 2. The lowest BCUT2D eigenvalue weighted by Crippen LogP contribution is -2.12. The lowest BCUT2D eigenvalue weighted by molar-refractivity contribution is 0.385. The summed E-state index contributed by atoms with van der Waals surface area (Å²) >= 11 is 0. The van der Waals surface area contributed by atoms with Gasteiger partial charge in [-0.1, -0.05) is 6.07 Å². The Hall–Kier alpha value is -0.800.